The zero-order valence-electron chi connectivity index (χ0n) is 13.8. The van der Waals surface area contributed by atoms with Crippen LogP contribution in [0.5, 0.6) is 5.75 Å². The third-order valence-electron chi connectivity index (χ3n) is 4.04. The number of rotatable bonds is 4. The van der Waals surface area contributed by atoms with E-state index in [1.54, 1.807) is 36.3 Å². The Morgan fingerprint density at radius 2 is 1.92 bits per heavy atom. The molecule has 5 heteroatoms. The Morgan fingerprint density at radius 1 is 1.21 bits per heavy atom. The number of hydrogen-bond donors (Lipinski definition) is 0. The summed E-state index contributed by atoms with van der Waals surface area (Å²) in [5.41, 5.74) is 2.02. The molecule has 0 fully saturated rings. The van der Waals surface area contributed by atoms with Crippen LogP contribution in [0.25, 0.3) is 11.0 Å². The van der Waals surface area contributed by atoms with Crippen LogP contribution in [-0.4, -0.2) is 19.6 Å². The van der Waals surface area contributed by atoms with Gasteiger partial charge in [0.25, 0.3) is 5.91 Å². The summed E-state index contributed by atoms with van der Waals surface area (Å²) in [6, 6.07) is 11.3. The van der Waals surface area contributed by atoms with Gasteiger partial charge in [-0.3, -0.25) is 4.79 Å². The summed E-state index contributed by atoms with van der Waals surface area (Å²) in [7, 11) is 1.59. The Hall–Kier alpha value is -2.82. The summed E-state index contributed by atoms with van der Waals surface area (Å²) in [5.74, 6) is 0.395. The Balaban J connectivity index is 2.03. The van der Waals surface area contributed by atoms with E-state index in [4.69, 9.17) is 9.15 Å². The van der Waals surface area contributed by atoms with Crippen LogP contribution in [-0.2, 0) is 0 Å². The molecule has 0 bridgehead atoms. The van der Waals surface area contributed by atoms with Gasteiger partial charge >= 0.3 is 0 Å². The van der Waals surface area contributed by atoms with Crippen molar-refractivity contribution in [1.82, 2.24) is 0 Å². The molecule has 1 aromatic heterocycles. The maximum Gasteiger partial charge on any atom is 0.294 e. The van der Waals surface area contributed by atoms with Gasteiger partial charge in [0.05, 0.1) is 7.11 Å². The number of methoxy groups -OCH3 is 1. The number of benzene rings is 2. The molecule has 3 rings (SSSR count). The summed E-state index contributed by atoms with van der Waals surface area (Å²) >= 11 is 0. The van der Waals surface area contributed by atoms with Crippen LogP contribution < -0.4 is 9.64 Å². The molecule has 2 aromatic carbocycles. The predicted octanol–water partition coefficient (Wildman–Crippen LogP) is 4.56. The average molecular weight is 327 g/mol. The molecule has 0 saturated carbocycles. The van der Waals surface area contributed by atoms with E-state index < -0.39 is 0 Å². The summed E-state index contributed by atoms with van der Waals surface area (Å²) in [5, 5.41) is 0.841. The number of amides is 1. The molecule has 0 N–H and O–H groups in total. The van der Waals surface area contributed by atoms with Crippen LogP contribution in [0.3, 0.4) is 0 Å². The van der Waals surface area contributed by atoms with Crippen molar-refractivity contribution in [3.05, 3.63) is 59.6 Å². The smallest absolute Gasteiger partial charge is 0.294 e. The van der Waals surface area contributed by atoms with Crippen LogP contribution in [0.2, 0.25) is 0 Å². The monoisotopic (exact) mass is 327 g/mol. The molecule has 0 unspecified atom stereocenters. The fourth-order valence-electron chi connectivity index (χ4n) is 2.72. The molecule has 0 aliphatic heterocycles. The first-order chi connectivity index (χ1) is 11.5. The Labute approximate surface area is 139 Å². The van der Waals surface area contributed by atoms with Gasteiger partial charge in [0.1, 0.15) is 17.1 Å². The molecule has 1 amide bonds. The van der Waals surface area contributed by atoms with Gasteiger partial charge in [0.2, 0.25) is 0 Å². The zero-order chi connectivity index (χ0) is 17.3. The van der Waals surface area contributed by atoms with Crippen molar-refractivity contribution in [3.8, 4) is 5.75 Å². The lowest BCUT2D eigenvalue weighted by molar-refractivity contribution is 0.0963. The third kappa shape index (κ3) is 2.73. The highest BCUT2D eigenvalue weighted by Crippen LogP contribution is 2.30. The lowest BCUT2D eigenvalue weighted by Crippen LogP contribution is -2.30. The minimum Gasteiger partial charge on any atom is -0.497 e. The second-order valence-electron chi connectivity index (χ2n) is 5.44. The van der Waals surface area contributed by atoms with Crippen LogP contribution >= 0.6 is 0 Å². The molecule has 0 atom stereocenters. The highest BCUT2D eigenvalue weighted by Gasteiger charge is 2.23. The molecule has 4 nitrogen and oxygen atoms in total. The van der Waals surface area contributed by atoms with Gasteiger partial charge in [-0.15, -0.1) is 0 Å². The first-order valence-corrected chi connectivity index (χ1v) is 7.69. The van der Waals surface area contributed by atoms with E-state index >= 15 is 0 Å². The summed E-state index contributed by atoms with van der Waals surface area (Å²) < 4.78 is 24.1. The van der Waals surface area contributed by atoms with E-state index in [1.807, 2.05) is 19.9 Å². The average Bonchev–Trinajstić information content (AvgIpc) is 2.93. The van der Waals surface area contributed by atoms with Gasteiger partial charge in [-0.05, 0) is 56.3 Å². The fraction of sp³-hybridized carbons (Fsp3) is 0.211. The highest BCUT2D eigenvalue weighted by atomic mass is 19.1. The van der Waals surface area contributed by atoms with Gasteiger partial charge in [-0.1, -0.05) is 0 Å². The Morgan fingerprint density at radius 3 is 2.54 bits per heavy atom. The van der Waals surface area contributed by atoms with Gasteiger partial charge in [0, 0.05) is 23.2 Å². The molecule has 3 aromatic rings. The van der Waals surface area contributed by atoms with Gasteiger partial charge in [-0.2, -0.15) is 0 Å². The number of hydrogen-bond acceptors (Lipinski definition) is 3. The number of ether oxygens (including phenoxy) is 1. The number of carbonyl (C=O) groups is 1. The molecular weight excluding hydrogens is 309 g/mol. The highest BCUT2D eigenvalue weighted by molar-refractivity contribution is 6.08. The fourth-order valence-corrected chi connectivity index (χ4v) is 2.72. The van der Waals surface area contributed by atoms with Crippen molar-refractivity contribution >= 4 is 22.6 Å². The van der Waals surface area contributed by atoms with E-state index in [0.717, 1.165) is 10.9 Å². The topological polar surface area (TPSA) is 42.7 Å². The number of carbonyl (C=O) groups excluding carboxylic acids is 1. The second kappa shape index (κ2) is 6.35. The number of furan rings is 1. The number of halogens is 1. The number of fused-ring (bicyclic) bond motifs is 1. The molecule has 1 heterocycles. The largest absolute Gasteiger partial charge is 0.497 e. The van der Waals surface area contributed by atoms with Gasteiger partial charge < -0.3 is 14.1 Å². The van der Waals surface area contributed by atoms with Crippen molar-refractivity contribution in [2.75, 3.05) is 18.6 Å². The van der Waals surface area contributed by atoms with Crippen molar-refractivity contribution in [1.29, 1.82) is 0 Å². The van der Waals surface area contributed by atoms with E-state index in [2.05, 4.69) is 0 Å². The molecule has 0 aliphatic carbocycles. The maximum absolute atomic E-state index is 13.1. The number of anilines is 1. The molecule has 0 radical (unpaired) electrons. The van der Waals surface area contributed by atoms with Crippen molar-refractivity contribution in [3.63, 3.8) is 0 Å². The van der Waals surface area contributed by atoms with Crippen LogP contribution in [0, 0.1) is 12.7 Å². The summed E-state index contributed by atoms with van der Waals surface area (Å²) in [6.45, 7) is 4.16. The maximum atomic E-state index is 13.1. The summed E-state index contributed by atoms with van der Waals surface area (Å²) in [6.07, 6.45) is 0. The summed E-state index contributed by atoms with van der Waals surface area (Å²) in [4.78, 5) is 14.5. The SMILES string of the molecule is CCN(C(=O)c1oc2ccc(OC)cc2c1C)c1ccc(F)cc1. The van der Waals surface area contributed by atoms with Crippen LogP contribution in [0.4, 0.5) is 10.1 Å². The third-order valence-corrected chi connectivity index (χ3v) is 4.04. The number of aryl methyl sites for hydroxylation is 1. The second-order valence-corrected chi connectivity index (χ2v) is 5.44. The predicted molar refractivity (Wildman–Crippen MR) is 91.3 cm³/mol. The van der Waals surface area contributed by atoms with Gasteiger partial charge in [0.15, 0.2) is 5.76 Å². The van der Waals surface area contributed by atoms with E-state index in [-0.39, 0.29) is 17.5 Å². The molecular formula is C19H18FNO3. The van der Waals surface area contributed by atoms with Crippen molar-refractivity contribution in [2.24, 2.45) is 0 Å². The zero-order valence-corrected chi connectivity index (χ0v) is 13.8. The minimum absolute atomic E-state index is 0.253. The molecule has 0 saturated heterocycles. The van der Waals surface area contributed by atoms with Crippen molar-refractivity contribution < 1.29 is 18.3 Å². The quantitative estimate of drug-likeness (QED) is 0.706. The molecule has 24 heavy (non-hydrogen) atoms. The van der Waals surface area contributed by atoms with Crippen LogP contribution in [0.1, 0.15) is 23.0 Å². The molecule has 0 spiro atoms. The Bertz CT molecular complexity index is 884. The van der Waals surface area contributed by atoms with E-state index in [1.165, 1.54) is 12.1 Å². The first-order valence-electron chi connectivity index (χ1n) is 7.69. The molecule has 0 aliphatic rings. The normalized spacial score (nSPS) is 10.8. The molecule has 124 valence electrons. The standard InChI is InChI=1S/C19H18FNO3/c1-4-21(14-7-5-13(20)6-8-14)19(22)18-12(2)16-11-15(23-3)9-10-17(16)24-18/h5-11H,4H2,1-3H3. The van der Waals surface area contributed by atoms with Gasteiger partial charge in [-0.25, -0.2) is 4.39 Å². The van der Waals surface area contributed by atoms with E-state index in [0.29, 0.717) is 23.6 Å². The lowest BCUT2D eigenvalue weighted by atomic mass is 10.1. The first kappa shape index (κ1) is 16.1. The van der Waals surface area contributed by atoms with Crippen molar-refractivity contribution in [2.45, 2.75) is 13.8 Å². The lowest BCUT2D eigenvalue weighted by Gasteiger charge is -2.20. The van der Waals surface area contributed by atoms with Crippen LogP contribution in [0.15, 0.2) is 46.9 Å². The number of nitrogens with zero attached hydrogens (tertiary/aromatic N) is 1. The Kier molecular flexibility index (Phi) is 4.25. The minimum atomic E-state index is -0.339. The van der Waals surface area contributed by atoms with E-state index in [9.17, 15) is 9.18 Å².